The van der Waals surface area contributed by atoms with Gasteiger partial charge in [0.05, 0.1) is 17.6 Å². The Hall–Kier alpha value is -1.74. The first-order valence-corrected chi connectivity index (χ1v) is 5.32. The van der Waals surface area contributed by atoms with Crippen LogP contribution in [0.5, 0.6) is 0 Å². The van der Waals surface area contributed by atoms with E-state index in [4.69, 9.17) is 11.6 Å². The van der Waals surface area contributed by atoms with E-state index in [1.54, 1.807) is 6.21 Å². The topological polar surface area (TPSA) is 40.2 Å². The molecule has 0 saturated heterocycles. The monoisotopic (exact) mass is 233 g/mol. The van der Waals surface area contributed by atoms with Gasteiger partial charge >= 0.3 is 0 Å². The Kier molecular flexibility index (Phi) is 3.27. The molecule has 0 amide bonds. The van der Waals surface area contributed by atoms with E-state index in [1.807, 2.05) is 43.5 Å². The Labute approximate surface area is 99.1 Å². The standard InChI is InChI=1S/C12H12ClN3/c1-9-4-5-10(7-12(9)13)16-15-8-11-3-2-6-14-11/h2-8,14,16H,1H3. The van der Waals surface area contributed by atoms with Crippen LogP contribution in [0.1, 0.15) is 11.3 Å². The molecule has 0 unspecified atom stereocenters. The summed E-state index contributed by atoms with van der Waals surface area (Å²) in [5.74, 6) is 0. The van der Waals surface area contributed by atoms with Gasteiger partial charge in [-0.2, -0.15) is 5.10 Å². The summed E-state index contributed by atoms with van der Waals surface area (Å²) in [6.45, 7) is 1.97. The first-order chi connectivity index (χ1) is 7.75. The second-order valence-corrected chi connectivity index (χ2v) is 3.87. The summed E-state index contributed by atoms with van der Waals surface area (Å²) in [5, 5.41) is 4.83. The van der Waals surface area contributed by atoms with Crippen molar-refractivity contribution >= 4 is 23.5 Å². The zero-order valence-corrected chi connectivity index (χ0v) is 9.62. The number of nitrogens with zero attached hydrogens (tertiary/aromatic N) is 1. The lowest BCUT2D eigenvalue weighted by Gasteiger charge is -2.02. The molecule has 0 radical (unpaired) electrons. The minimum absolute atomic E-state index is 0.736. The number of nitrogens with one attached hydrogen (secondary N) is 2. The van der Waals surface area contributed by atoms with E-state index in [0.29, 0.717) is 0 Å². The van der Waals surface area contributed by atoms with Gasteiger partial charge in [0, 0.05) is 11.2 Å². The number of benzene rings is 1. The number of H-pyrrole nitrogens is 1. The Morgan fingerprint density at radius 1 is 1.38 bits per heavy atom. The second-order valence-electron chi connectivity index (χ2n) is 3.46. The zero-order chi connectivity index (χ0) is 11.4. The number of hydrogen-bond acceptors (Lipinski definition) is 2. The molecule has 0 fully saturated rings. The predicted octanol–water partition coefficient (Wildman–Crippen LogP) is 3.42. The molecule has 0 aliphatic rings. The van der Waals surface area contributed by atoms with E-state index in [0.717, 1.165) is 22.0 Å². The lowest BCUT2D eigenvalue weighted by Crippen LogP contribution is -1.91. The minimum Gasteiger partial charge on any atom is -0.360 e. The molecule has 4 heteroatoms. The SMILES string of the molecule is Cc1ccc(NN=Cc2ccc[nH]2)cc1Cl. The van der Waals surface area contributed by atoms with Crippen molar-refractivity contribution in [2.75, 3.05) is 5.43 Å². The molecular weight excluding hydrogens is 222 g/mol. The summed E-state index contributed by atoms with van der Waals surface area (Å²) in [6, 6.07) is 9.60. The molecule has 2 aromatic rings. The van der Waals surface area contributed by atoms with Gasteiger partial charge in [0.25, 0.3) is 0 Å². The third-order valence-electron chi connectivity index (χ3n) is 2.19. The van der Waals surface area contributed by atoms with Crippen molar-refractivity contribution in [3.8, 4) is 0 Å². The van der Waals surface area contributed by atoms with Crippen LogP contribution in [0.15, 0.2) is 41.6 Å². The number of rotatable bonds is 3. The van der Waals surface area contributed by atoms with Gasteiger partial charge in [0.2, 0.25) is 0 Å². The van der Waals surface area contributed by atoms with Gasteiger partial charge in [-0.3, -0.25) is 5.43 Å². The van der Waals surface area contributed by atoms with Gasteiger partial charge in [-0.25, -0.2) is 0 Å². The Morgan fingerprint density at radius 2 is 2.25 bits per heavy atom. The van der Waals surface area contributed by atoms with E-state index in [2.05, 4.69) is 15.5 Å². The van der Waals surface area contributed by atoms with Crippen molar-refractivity contribution in [1.82, 2.24) is 4.98 Å². The predicted molar refractivity (Wildman–Crippen MR) is 68.2 cm³/mol. The van der Waals surface area contributed by atoms with Crippen molar-refractivity contribution in [3.05, 3.63) is 52.8 Å². The van der Waals surface area contributed by atoms with Gasteiger partial charge in [-0.15, -0.1) is 0 Å². The van der Waals surface area contributed by atoms with Crippen LogP contribution >= 0.6 is 11.6 Å². The zero-order valence-electron chi connectivity index (χ0n) is 8.87. The van der Waals surface area contributed by atoms with E-state index in [9.17, 15) is 0 Å². The second kappa shape index (κ2) is 4.86. The molecule has 2 rings (SSSR count). The highest BCUT2D eigenvalue weighted by atomic mass is 35.5. The summed E-state index contributed by atoms with van der Waals surface area (Å²) < 4.78 is 0. The van der Waals surface area contributed by atoms with Crippen LogP contribution in [0.4, 0.5) is 5.69 Å². The maximum atomic E-state index is 5.99. The van der Waals surface area contributed by atoms with Crippen LogP contribution in [-0.2, 0) is 0 Å². The van der Waals surface area contributed by atoms with Crippen molar-refractivity contribution in [2.45, 2.75) is 6.92 Å². The molecule has 0 aliphatic carbocycles. The third-order valence-corrected chi connectivity index (χ3v) is 2.60. The molecule has 0 spiro atoms. The number of anilines is 1. The third kappa shape index (κ3) is 2.64. The summed E-state index contributed by atoms with van der Waals surface area (Å²) >= 11 is 5.99. The highest BCUT2D eigenvalue weighted by Crippen LogP contribution is 2.19. The lowest BCUT2D eigenvalue weighted by atomic mass is 10.2. The molecule has 0 saturated carbocycles. The van der Waals surface area contributed by atoms with Gasteiger partial charge in [0.15, 0.2) is 0 Å². The van der Waals surface area contributed by atoms with Gasteiger partial charge < -0.3 is 4.98 Å². The van der Waals surface area contributed by atoms with E-state index in [1.165, 1.54) is 0 Å². The number of aromatic amines is 1. The fraction of sp³-hybridized carbons (Fsp3) is 0.0833. The minimum atomic E-state index is 0.736. The molecule has 1 heterocycles. The van der Waals surface area contributed by atoms with Crippen molar-refractivity contribution in [3.63, 3.8) is 0 Å². The van der Waals surface area contributed by atoms with Crippen molar-refractivity contribution < 1.29 is 0 Å². The van der Waals surface area contributed by atoms with E-state index in [-0.39, 0.29) is 0 Å². The molecule has 82 valence electrons. The Balaban J connectivity index is 2.02. The van der Waals surface area contributed by atoms with Crippen LogP contribution < -0.4 is 5.43 Å². The fourth-order valence-electron chi connectivity index (χ4n) is 1.26. The molecule has 16 heavy (non-hydrogen) atoms. The highest BCUT2D eigenvalue weighted by molar-refractivity contribution is 6.31. The van der Waals surface area contributed by atoms with Crippen molar-refractivity contribution in [2.24, 2.45) is 5.10 Å². The average Bonchev–Trinajstić information content (AvgIpc) is 2.76. The molecule has 0 atom stereocenters. The maximum absolute atomic E-state index is 5.99. The average molecular weight is 234 g/mol. The molecule has 3 nitrogen and oxygen atoms in total. The molecule has 1 aromatic carbocycles. The van der Waals surface area contributed by atoms with Crippen LogP contribution in [0.2, 0.25) is 5.02 Å². The van der Waals surface area contributed by atoms with E-state index < -0.39 is 0 Å². The fourth-order valence-corrected chi connectivity index (χ4v) is 1.44. The molecular formula is C12H12ClN3. The summed E-state index contributed by atoms with van der Waals surface area (Å²) in [6.07, 6.45) is 3.57. The Morgan fingerprint density at radius 3 is 2.94 bits per heavy atom. The molecule has 0 bridgehead atoms. The normalized spacial score (nSPS) is 10.9. The number of hydrogen-bond donors (Lipinski definition) is 2. The van der Waals surface area contributed by atoms with E-state index >= 15 is 0 Å². The first-order valence-electron chi connectivity index (χ1n) is 4.94. The summed E-state index contributed by atoms with van der Waals surface area (Å²) in [4.78, 5) is 3.03. The molecule has 2 N–H and O–H groups in total. The summed E-state index contributed by atoms with van der Waals surface area (Å²) in [7, 11) is 0. The van der Waals surface area contributed by atoms with Crippen LogP contribution in [0.25, 0.3) is 0 Å². The smallest absolute Gasteiger partial charge is 0.0707 e. The first kappa shape index (κ1) is 10.8. The number of hydrazone groups is 1. The maximum Gasteiger partial charge on any atom is 0.0707 e. The molecule has 0 aliphatic heterocycles. The number of aromatic nitrogens is 1. The lowest BCUT2D eigenvalue weighted by molar-refractivity contribution is 1.31. The van der Waals surface area contributed by atoms with Gasteiger partial charge in [-0.05, 0) is 36.8 Å². The molecule has 1 aromatic heterocycles. The highest BCUT2D eigenvalue weighted by Gasteiger charge is 1.95. The number of aryl methyl sites for hydroxylation is 1. The van der Waals surface area contributed by atoms with Crippen molar-refractivity contribution in [1.29, 1.82) is 0 Å². The van der Waals surface area contributed by atoms with Gasteiger partial charge in [-0.1, -0.05) is 17.7 Å². The Bertz CT molecular complexity index is 489. The summed E-state index contributed by atoms with van der Waals surface area (Å²) in [5.41, 5.74) is 5.80. The van der Waals surface area contributed by atoms with Crippen LogP contribution in [0.3, 0.4) is 0 Å². The van der Waals surface area contributed by atoms with Crippen LogP contribution in [0, 0.1) is 6.92 Å². The largest absolute Gasteiger partial charge is 0.360 e. The van der Waals surface area contributed by atoms with Crippen LogP contribution in [-0.4, -0.2) is 11.2 Å². The quantitative estimate of drug-likeness (QED) is 0.619. The van der Waals surface area contributed by atoms with Gasteiger partial charge in [0.1, 0.15) is 0 Å². The number of halogens is 1.